The summed E-state index contributed by atoms with van der Waals surface area (Å²) in [7, 11) is 2.35. The molecule has 65 heavy (non-hydrogen) atoms. The average molecular weight is 939 g/mol. The number of alkyl halides is 4. The molecule has 21 heteroatoms. The van der Waals surface area contributed by atoms with Crippen LogP contribution in [0.25, 0.3) is 0 Å². The van der Waals surface area contributed by atoms with E-state index in [0.29, 0.717) is 12.8 Å². The first-order valence-electron chi connectivity index (χ1n) is 20.6. The number of ketones is 1. The van der Waals surface area contributed by atoms with Crippen molar-refractivity contribution in [1.29, 1.82) is 0 Å². The molecule has 3 amide bonds. The Hall–Kier alpha value is -5.11. The van der Waals surface area contributed by atoms with Gasteiger partial charge in [0.15, 0.2) is 0 Å². The normalized spacial score (nSPS) is 12.7. The minimum Gasteiger partial charge on any atom is -0.480 e. The van der Waals surface area contributed by atoms with Gasteiger partial charge in [0.1, 0.15) is 40.7 Å². The molecule has 0 aromatic carbocycles. The zero-order valence-corrected chi connectivity index (χ0v) is 40.0. The monoisotopic (exact) mass is 939 g/mol. The van der Waals surface area contributed by atoms with Gasteiger partial charge in [0.05, 0.1) is 14.2 Å². The van der Waals surface area contributed by atoms with Crippen molar-refractivity contribution in [2.75, 3.05) is 14.2 Å². The number of hydrogen-bond donors (Lipinski definition) is 4. The maximum Gasteiger partial charge on any atom is 0.408 e. The predicted octanol–water partition coefficient (Wildman–Crippen LogP) is 8.77. The molecule has 0 fully saturated rings. The first-order chi connectivity index (χ1) is 29.2. The van der Waals surface area contributed by atoms with Crippen molar-refractivity contribution in [3.8, 4) is 0 Å². The number of alkyl carbamates (subject to hydrolysis) is 3. The summed E-state index contributed by atoms with van der Waals surface area (Å²) in [5.41, 5.74) is -2.20. The molecule has 0 spiro atoms. The van der Waals surface area contributed by atoms with Crippen LogP contribution in [0.5, 0.6) is 0 Å². The van der Waals surface area contributed by atoms with Gasteiger partial charge in [-0.15, -0.1) is 19.7 Å². The van der Waals surface area contributed by atoms with Gasteiger partial charge in [-0.1, -0.05) is 18.2 Å². The van der Waals surface area contributed by atoms with E-state index in [2.05, 4.69) is 45.2 Å². The van der Waals surface area contributed by atoms with Gasteiger partial charge in [-0.3, -0.25) is 4.79 Å². The number of nitrogens with one attached hydrogen (secondary N) is 3. The largest absolute Gasteiger partial charge is 0.480 e. The van der Waals surface area contributed by atoms with Crippen LogP contribution in [0.4, 0.5) is 31.9 Å². The van der Waals surface area contributed by atoms with E-state index in [9.17, 15) is 51.1 Å². The van der Waals surface area contributed by atoms with Crippen LogP contribution in [0.2, 0.25) is 0 Å². The predicted molar refractivity (Wildman–Crippen MR) is 238 cm³/mol. The molecule has 0 aliphatic heterocycles. The molecule has 0 heterocycles. The molecule has 4 N–H and O–H groups in total. The van der Waals surface area contributed by atoms with E-state index in [1.807, 2.05) is 0 Å². The lowest BCUT2D eigenvalue weighted by Crippen LogP contribution is -2.44. The summed E-state index contributed by atoms with van der Waals surface area (Å²) in [4.78, 5) is 80.6. The Kier molecular flexibility index (Phi) is 33.3. The van der Waals surface area contributed by atoms with E-state index >= 15 is 0 Å². The maximum atomic E-state index is 13.6. The number of carbonyl (C=O) groups excluding carboxylic acids is 6. The minimum atomic E-state index is -2.99. The highest BCUT2D eigenvalue weighted by Gasteiger charge is 2.34. The number of ether oxygens (including phenoxy) is 5. The Morgan fingerprint density at radius 1 is 0.523 bits per heavy atom. The molecular formula is C44H73BF4N3O13. The SMILES string of the molecule is C=CCCC(=O)CCC(NC(=O)OC(C)(C)C)C(=O)OC.C=CCCC(F)(F)CCC(NC(=O)OC(C)(C)C)C(=O)O.C=CCCC(F)(F)CCC(NC(=O)OC(C)(C)C)C(=O)OC.[B]. The second-order valence-corrected chi connectivity index (χ2v) is 17.3. The lowest BCUT2D eigenvalue weighted by molar-refractivity contribution is -0.144. The standard InChI is InChI=1S/C15H25F2NO4.C15H25NO5.C14H23F2NO4.B/c1-6-7-9-15(16,17)10-8-11(12(19)21-5)18-13(20)22-14(2,3)4;1-6-7-8-11(17)9-10-12(13(18)20-5)16-14(19)21-15(2,3)4;1-5-6-8-14(15,16)9-7-10(11(18)19)17-12(20)21-13(2,3)4;/h6,11H,1,7-10H2,2-5H3,(H,18,20);6,12H,1,7-10H2,2-5H3,(H,16,19);5,10H,1,6-9H2,2-4H3,(H,17,20)(H,18,19);. The molecule has 0 rings (SSSR count). The number of aliphatic carboxylic acids is 1. The molecule has 0 saturated heterocycles. The lowest BCUT2D eigenvalue weighted by atomic mass is 10.0. The molecule has 0 bridgehead atoms. The van der Waals surface area contributed by atoms with E-state index in [4.69, 9.17) is 19.3 Å². The number of methoxy groups -OCH3 is 2. The molecule has 3 radical (unpaired) electrons. The van der Waals surface area contributed by atoms with E-state index in [1.54, 1.807) is 68.4 Å². The van der Waals surface area contributed by atoms with Crippen LogP contribution in [0.15, 0.2) is 38.0 Å². The number of hydrogen-bond acceptors (Lipinski definition) is 12. The average Bonchev–Trinajstić information content (AvgIpc) is 3.14. The molecule has 0 aromatic heterocycles. The highest BCUT2D eigenvalue weighted by atomic mass is 19.3. The fraction of sp³-hybridized carbons (Fsp3) is 0.705. The van der Waals surface area contributed by atoms with Crippen molar-refractivity contribution in [1.82, 2.24) is 16.0 Å². The number of rotatable bonds is 24. The lowest BCUT2D eigenvalue weighted by Gasteiger charge is -2.23. The van der Waals surface area contributed by atoms with Crippen molar-refractivity contribution >= 4 is 50.4 Å². The van der Waals surface area contributed by atoms with Crippen LogP contribution in [0, 0.1) is 0 Å². The molecule has 3 atom stereocenters. The van der Waals surface area contributed by atoms with Crippen LogP contribution in [-0.2, 0) is 42.9 Å². The molecular weight excluding hydrogens is 865 g/mol. The molecule has 0 saturated carbocycles. The van der Waals surface area contributed by atoms with Crippen LogP contribution < -0.4 is 16.0 Å². The van der Waals surface area contributed by atoms with Crippen LogP contribution in [-0.4, -0.2) is 116 Å². The number of carboxylic acids is 1. The Balaban J connectivity index is -0.000000426. The van der Waals surface area contributed by atoms with Gasteiger partial charge in [0.25, 0.3) is 0 Å². The van der Waals surface area contributed by atoms with Gasteiger partial charge in [-0.25, -0.2) is 46.3 Å². The second-order valence-electron chi connectivity index (χ2n) is 17.3. The Labute approximate surface area is 384 Å². The van der Waals surface area contributed by atoms with Gasteiger partial charge in [0, 0.05) is 46.9 Å². The fourth-order valence-corrected chi connectivity index (χ4v) is 4.67. The quantitative estimate of drug-likeness (QED) is 0.0234. The fourth-order valence-electron chi connectivity index (χ4n) is 4.67. The Bertz CT molecular complexity index is 1510. The summed E-state index contributed by atoms with van der Waals surface area (Å²) < 4.78 is 78.2. The van der Waals surface area contributed by atoms with E-state index in [-0.39, 0.29) is 59.1 Å². The third kappa shape index (κ3) is 40.2. The zero-order valence-electron chi connectivity index (χ0n) is 40.0. The van der Waals surface area contributed by atoms with Gasteiger partial charge in [-0.05, 0) is 101 Å². The van der Waals surface area contributed by atoms with Crippen molar-refractivity contribution in [2.24, 2.45) is 0 Å². The van der Waals surface area contributed by atoms with Crippen LogP contribution in [0.1, 0.15) is 139 Å². The summed E-state index contributed by atoms with van der Waals surface area (Å²) in [5, 5.41) is 15.7. The number of allylic oxidation sites excluding steroid dienone is 3. The molecule has 373 valence electrons. The summed E-state index contributed by atoms with van der Waals surface area (Å²) in [6.45, 7) is 25.3. The van der Waals surface area contributed by atoms with Gasteiger partial charge < -0.3 is 44.7 Å². The molecule has 0 aromatic rings. The highest BCUT2D eigenvalue weighted by Crippen LogP contribution is 2.28. The first-order valence-corrected chi connectivity index (χ1v) is 20.6. The summed E-state index contributed by atoms with van der Waals surface area (Å²) >= 11 is 0. The highest BCUT2D eigenvalue weighted by molar-refractivity contribution is 5.84. The number of Topliss-reactive ketones (excluding diaryl/α,β-unsaturated/α-hetero) is 1. The smallest absolute Gasteiger partial charge is 0.408 e. The van der Waals surface area contributed by atoms with Crippen molar-refractivity contribution in [3.05, 3.63) is 38.0 Å². The summed E-state index contributed by atoms with van der Waals surface area (Å²) in [6.07, 6.45) is 1.07. The molecule has 0 aliphatic rings. The number of amides is 3. The van der Waals surface area contributed by atoms with E-state index in [1.165, 1.54) is 19.3 Å². The summed E-state index contributed by atoms with van der Waals surface area (Å²) in [6, 6.07) is -3.47. The van der Waals surface area contributed by atoms with Crippen LogP contribution in [0.3, 0.4) is 0 Å². The number of carboxylic acid groups (broad SMARTS) is 1. The number of carbonyl (C=O) groups is 7. The van der Waals surface area contributed by atoms with Crippen molar-refractivity contribution in [3.63, 3.8) is 0 Å². The van der Waals surface area contributed by atoms with E-state index < -0.39 is 102 Å². The minimum absolute atomic E-state index is 0. The van der Waals surface area contributed by atoms with Gasteiger partial charge in [0.2, 0.25) is 11.8 Å². The maximum absolute atomic E-state index is 13.6. The third-order valence-corrected chi connectivity index (χ3v) is 7.71. The Morgan fingerprint density at radius 2 is 0.831 bits per heavy atom. The van der Waals surface area contributed by atoms with Crippen molar-refractivity contribution in [2.45, 2.75) is 186 Å². The van der Waals surface area contributed by atoms with Crippen molar-refractivity contribution < 1.29 is 79.9 Å². The zero-order chi connectivity index (χ0) is 50.5. The van der Waals surface area contributed by atoms with Crippen LogP contribution >= 0.6 is 0 Å². The third-order valence-electron chi connectivity index (χ3n) is 7.71. The van der Waals surface area contributed by atoms with Gasteiger partial charge >= 0.3 is 36.2 Å². The topological polar surface area (TPSA) is 222 Å². The molecule has 0 aliphatic carbocycles. The number of esters is 2. The molecule has 16 nitrogen and oxygen atoms in total. The second kappa shape index (κ2) is 32.5. The first kappa shape index (κ1) is 66.5. The Morgan fingerprint density at radius 3 is 1.12 bits per heavy atom. The number of halogens is 4. The van der Waals surface area contributed by atoms with Gasteiger partial charge in [-0.2, -0.15) is 0 Å². The van der Waals surface area contributed by atoms with E-state index in [0.717, 1.165) is 7.11 Å². The summed E-state index contributed by atoms with van der Waals surface area (Å²) in [5.74, 6) is -8.67. The molecule has 3 unspecified atom stereocenters.